The fourth-order valence-electron chi connectivity index (χ4n) is 0.896. The fraction of sp³-hybridized carbons (Fsp3) is 0.500. The van der Waals surface area contributed by atoms with Crippen molar-refractivity contribution in [3.63, 3.8) is 0 Å². The van der Waals surface area contributed by atoms with Crippen LogP contribution < -0.4 is 4.74 Å². The summed E-state index contributed by atoms with van der Waals surface area (Å²) in [6.07, 6.45) is -1.22. The molecule has 1 N–H and O–H groups in total. The van der Waals surface area contributed by atoms with Crippen LogP contribution in [0.15, 0.2) is 10.6 Å². The lowest BCUT2D eigenvalue weighted by Gasteiger charge is -2.04. The van der Waals surface area contributed by atoms with Crippen LogP contribution in [0.25, 0.3) is 0 Å². The maximum atomic E-state index is 10.8. The van der Waals surface area contributed by atoms with Crippen LogP contribution in [-0.4, -0.2) is 36.6 Å². The van der Waals surface area contributed by atoms with Gasteiger partial charge in [0.25, 0.3) is 5.88 Å². The number of aliphatic hydroxyl groups is 1. The van der Waals surface area contributed by atoms with E-state index in [1.54, 1.807) is 0 Å². The summed E-state index contributed by atoms with van der Waals surface area (Å²) in [7, 11) is 2.64. The van der Waals surface area contributed by atoms with Gasteiger partial charge in [-0.3, -0.25) is 0 Å². The Morgan fingerprint density at radius 3 is 2.93 bits per heavy atom. The van der Waals surface area contributed by atoms with E-state index in [4.69, 9.17) is 9.26 Å². The predicted octanol–water partition coefficient (Wildman–Crippen LogP) is -0.240. The normalized spacial score (nSPS) is 12.2. The van der Waals surface area contributed by atoms with E-state index in [0.29, 0.717) is 11.6 Å². The fourth-order valence-corrected chi connectivity index (χ4v) is 0.896. The number of hydrogen-bond donors (Lipinski definition) is 1. The van der Waals surface area contributed by atoms with Crippen LogP contribution >= 0.6 is 0 Å². The Morgan fingerprint density at radius 1 is 1.71 bits per heavy atom. The van der Waals surface area contributed by atoms with Crippen molar-refractivity contribution in [2.75, 3.05) is 14.2 Å². The molecular weight excluding hydrogens is 190 g/mol. The number of ether oxygens (including phenoxy) is 2. The van der Waals surface area contributed by atoms with Gasteiger partial charge in [0, 0.05) is 12.5 Å². The van der Waals surface area contributed by atoms with Crippen molar-refractivity contribution in [3.8, 4) is 5.88 Å². The molecule has 0 fully saturated rings. The summed E-state index contributed by atoms with van der Waals surface area (Å²) in [5.41, 5.74) is 0. The zero-order valence-electron chi connectivity index (χ0n) is 7.89. The molecule has 0 aromatic carbocycles. The van der Waals surface area contributed by atoms with Crippen LogP contribution in [0.4, 0.5) is 0 Å². The van der Waals surface area contributed by atoms with Crippen molar-refractivity contribution in [1.29, 1.82) is 0 Å². The van der Waals surface area contributed by atoms with E-state index in [2.05, 4.69) is 9.89 Å². The molecule has 0 aliphatic carbocycles. The summed E-state index contributed by atoms with van der Waals surface area (Å²) in [6.45, 7) is 0. The van der Waals surface area contributed by atoms with E-state index in [1.807, 2.05) is 0 Å². The van der Waals surface area contributed by atoms with Crippen LogP contribution in [0.2, 0.25) is 0 Å². The van der Waals surface area contributed by atoms with Crippen molar-refractivity contribution in [1.82, 2.24) is 5.16 Å². The minimum Gasteiger partial charge on any atom is -0.479 e. The number of carbonyl (C=O) groups is 1. The predicted molar refractivity (Wildman–Crippen MR) is 44.8 cm³/mol. The van der Waals surface area contributed by atoms with Gasteiger partial charge in [0.05, 0.1) is 14.2 Å². The Morgan fingerprint density at radius 2 is 2.43 bits per heavy atom. The Balaban J connectivity index is 2.55. The second-order valence-corrected chi connectivity index (χ2v) is 2.58. The van der Waals surface area contributed by atoms with Crippen LogP contribution in [0, 0.1) is 0 Å². The molecule has 0 amide bonds. The monoisotopic (exact) mass is 201 g/mol. The van der Waals surface area contributed by atoms with E-state index in [9.17, 15) is 9.90 Å². The second kappa shape index (κ2) is 4.61. The molecule has 0 radical (unpaired) electrons. The standard InChI is InChI=1S/C8H11NO5/c1-12-7-4-5(14-9-7)3-6(10)8(11)13-2/h4,6,10H,3H2,1-2H3. The number of carbonyl (C=O) groups excluding carboxylic acids is 1. The minimum absolute atomic E-state index is 0.0169. The summed E-state index contributed by atoms with van der Waals surface area (Å²) < 4.78 is 13.9. The summed E-state index contributed by atoms with van der Waals surface area (Å²) in [6, 6.07) is 1.49. The van der Waals surface area contributed by atoms with Gasteiger partial charge in [-0.25, -0.2) is 4.79 Å². The van der Waals surface area contributed by atoms with Gasteiger partial charge in [0.2, 0.25) is 0 Å². The quantitative estimate of drug-likeness (QED) is 0.677. The number of aliphatic hydroxyl groups excluding tert-OH is 1. The Bertz CT molecular complexity index is 308. The maximum Gasteiger partial charge on any atom is 0.335 e. The molecule has 1 unspecified atom stereocenters. The first kappa shape index (κ1) is 10.5. The molecule has 1 rings (SSSR count). The lowest BCUT2D eigenvalue weighted by molar-refractivity contribution is -0.150. The average molecular weight is 201 g/mol. The van der Waals surface area contributed by atoms with Crippen molar-refractivity contribution in [3.05, 3.63) is 11.8 Å². The molecule has 78 valence electrons. The van der Waals surface area contributed by atoms with Gasteiger partial charge < -0.3 is 19.1 Å². The third-order valence-corrected chi connectivity index (χ3v) is 1.61. The minimum atomic E-state index is -1.24. The first-order valence-electron chi connectivity index (χ1n) is 3.93. The Kier molecular flexibility index (Phi) is 3.47. The summed E-state index contributed by atoms with van der Waals surface area (Å²) in [5, 5.41) is 12.8. The van der Waals surface area contributed by atoms with Crippen LogP contribution in [0.3, 0.4) is 0 Å². The molecular formula is C8H11NO5. The van der Waals surface area contributed by atoms with Crippen LogP contribution in [0.1, 0.15) is 5.76 Å². The Labute approximate surface area is 80.4 Å². The van der Waals surface area contributed by atoms with Crippen molar-refractivity contribution in [2.24, 2.45) is 0 Å². The molecule has 0 aliphatic rings. The van der Waals surface area contributed by atoms with E-state index >= 15 is 0 Å². The van der Waals surface area contributed by atoms with E-state index in [-0.39, 0.29) is 6.42 Å². The molecule has 0 saturated carbocycles. The smallest absolute Gasteiger partial charge is 0.335 e. The highest BCUT2D eigenvalue weighted by atomic mass is 16.5. The Hall–Kier alpha value is -1.56. The van der Waals surface area contributed by atoms with E-state index in [1.165, 1.54) is 20.3 Å². The van der Waals surface area contributed by atoms with Crippen LogP contribution in [-0.2, 0) is 16.0 Å². The molecule has 0 aliphatic heterocycles. The molecule has 6 heteroatoms. The molecule has 1 aromatic rings. The highest BCUT2D eigenvalue weighted by Gasteiger charge is 2.18. The van der Waals surface area contributed by atoms with Crippen molar-refractivity contribution in [2.45, 2.75) is 12.5 Å². The topological polar surface area (TPSA) is 81.8 Å². The zero-order valence-corrected chi connectivity index (χ0v) is 7.89. The molecule has 0 spiro atoms. The number of hydrogen-bond acceptors (Lipinski definition) is 6. The maximum absolute atomic E-state index is 10.8. The summed E-state index contributed by atoms with van der Waals surface area (Å²) in [5.74, 6) is -0.0443. The molecule has 6 nitrogen and oxygen atoms in total. The molecule has 1 aromatic heterocycles. The first-order valence-corrected chi connectivity index (χ1v) is 3.93. The largest absolute Gasteiger partial charge is 0.479 e. The van der Waals surface area contributed by atoms with Gasteiger partial charge in [0.1, 0.15) is 5.76 Å². The second-order valence-electron chi connectivity index (χ2n) is 2.58. The summed E-state index contributed by atoms with van der Waals surface area (Å²) in [4.78, 5) is 10.8. The molecule has 0 bridgehead atoms. The number of esters is 1. The van der Waals surface area contributed by atoms with Gasteiger partial charge in [-0.15, -0.1) is 0 Å². The molecule has 1 heterocycles. The van der Waals surface area contributed by atoms with E-state index < -0.39 is 12.1 Å². The number of rotatable bonds is 4. The van der Waals surface area contributed by atoms with Gasteiger partial charge >= 0.3 is 5.97 Å². The lowest BCUT2D eigenvalue weighted by atomic mass is 10.2. The SMILES string of the molecule is COC(=O)C(O)Cc1cc(OC)no1. The van der Waals surface area contributed by atoms with Gasteiger partial charge in [-0.05, 0) is 5.16 Å². The number of nitrogens with zero attached hydrogens (tertiary/aromatic N) is 1. The molecule has 1 atom stereocenters. The van der Waals surface area contributed by atoms with Crippen LogP contribution in [0.5, 0.6) is 5.88 Å². The number of methoxy groups -OCH3 is 2. The lowest BCUT2D eigenvalue weighted by Crippen LogP contribution is -2.23. The molecule has 0 saturated heterocycles. The third kappa shape index (κ3) is 2.46. The van der Waals surface area contributed by atoms with Crippen molar-refractivity contribution < 1.29 is 23.9 Å². The van der Waals surface area contributed by atoms with E-state index in [0.717, 1.165) is 0 Å². The number of aromatic nitrogens is 1. The third-order valence-electron chi connectivity index (χ3n) is 1.61. The van der Waals surface area contributed by atoms with Gasteiger partial charge in [-0.2, -0.15) is 0 Å². The van der Waals surface area contributed by atoms with Gasteiger partial charge in [0.15, 0.2) is 6.10 Å². The molecule has 14 heavy (non-hydrogen) atoms. The van der Waals surface area contributed by atoms with Gasteiger partial charge in [-0.1, -0.05) is 0 Å². The highest BCUT2D eigenvalue weighted by Crippen LogP contribution is 2.12. The highest BCUT2D eigenvalue weighted by molar-refractivity contribution is 5.74. The zero-order chi connectivity index (χ0) is 10.6. The summed E-state index contributed by atoms with van der Waals surface area (Å²) >= 11 is 0. The first-order chi connectivity index (χ1) is 6.67. The average Bonchev–Trinajstić information content (AvgIpc) is 2.64. The van der Waals surface area contributed by atoms with Crippen molar-refractivity contribution >= 4 is 5.97 Å².